The van der Waals surface area contributed by atoms with E-state index in [1.807, 2.05) is 31.2 Å². The van der Waals surface area contributed by atoms with Crippen molar-refractivity contribution in [2.24, 2.45) is 0 Å². The summed E-state index contributed by atoms with van der Waals surface area (Å²) >= 11 is 1.35. The Morgan fingerprint density at radius 1 is 1.22 bits per heavy atom. The quantitative estimate of drug-likeness (QED) is 0.371. The molecule has 32 heavy (non-hydrogen) atoms. The molecule has 1 aliphatic heterocycles. The van der Waals surface area contributed by atoms with Crippen LogP contribution in [0.4, 0.5) is 5.69 Å². The summed E-state index contributed by atoms with van der Waals surface area (Å²) in [6.45, 7) is 1.98. The number of nitrogens with one attached hydrogen (secondary N) is 1. The molecule has 0 spiro atoms. The number of carbonyl (C=O) groups is 2. The zero-order valence-corrected chi connectivity index (χ0v) is 17.4. The predicted octanol–water partition coefficient (Wildman–Crippen LogP) is 2.41. The first-order valence-corrected chi connectivity index (χ1v) is 10.6. The van der Waals surface area contributed by atoms with Gasteiger partial charge >= 0.3 is 0 Å². The normalized spacial score (nSPS) is 16.1. The number of tetrazole rings is 1. The molecule has 0 bridgehead atoms. The Bertz CT molecular complexity index is 1400. The first-order chi connectivity index (χ1) is 15.4. The highest BCUT2D eigenvalue weighted by molar-refractivity contribution is 8.00. The molecule has 12 heteroatoms. The summed E-state index contributed by atoms with van der Waals surface area (Å²) in [5.41, 5.74) is 5.78. The molecule has 4 aromatic rings. The van der Waals surface area contributed by atoms with Crippen molar-refractivity contribution in [3.05, 3.63) is 75.3 Å². The number of nitrogens with zero attached hydrogens (tertiary/aromatic N) is 6. The number of fused-ring (bicyclic) bond motifs is 3. The lowest BCUT2D eigenvalue weighted by atomic mass is 10.1. The number of carbonyl (C=O) groups excluding carboxylic acids is 2. The van der Waals surface area contributed by atoms with E-state index >= 15 is 0 Å². The number of thioether (sulfide) groups is 1. The highest BCUT2D eigenvalue weighted by Crippen LogP contribution is 2.40. The van der Waals surface area contributed by atoms with Crippen molar-refractivity contribution in [3.8, 4) is 0 Å². The molecule has 1 N–H and O–H groups in total. The standard InChI is InChI=1S/C20H15N7O4S/c1-11-2-3-13-9-15(18-21-23-24-25(18)16(13)8-11)20-26(17(28)10-32-20)22-19(29)12-4-6-14(7-5-12)27(30)31/h2-9,20H,10H2,1H3,(H,22,29). The summed E-state index contributed by atoms with van der Waals surface area (Å²) in [5, 5.41) is 24.5. The summed E-state index contributed by atoms with van der Waals surface area (Å²) in [5.74, 6) is -0.650. The van der Waals surface area contributed by atoms with Gasteiger partial charge in [-0.25, -0.2) is 5.01 Å². The van der Waals surface area contributed by atoms with E-state index in [9.17, 15) is 19.7 Å². The summed E-state index contributed by atoms with van der Waals surface area (Å²) < 4.78 is 1.62. The Labute approximate surface area is 184 Å². The molecule has 1 saturated heterocycles. The first kappa shape index (κ1) is 19.9. The fourth-order valence-electron chi connectivity index (χ4n) is 3.59. The molecule has 2 amide bonds. The maximum atomic E-state index is 12.7. The fourth-order valence-corrected chi connectivity index (χ4v) is 4.70. The van der Waals surface area contributed by atoms with Gasteiger partial charge in [-0.15, -0.1) is 16.9 Å². The number of nitro groups is 1. The smallest absolute Gasteiger partial charge is 0.269 e. The number of hydrogen-bond acceptors (Lipinski definition) is 8. The van der Waals surface area contributed by atoms with Crippen LogP contribution in [0.25, 0.3) is 16.6 Å². The number of non-ortho nitro benzene ring substituents is 1. The third kappa shape index (κ3) is 3.30. The summed E-state index contributed by atoms with van der Waals surface area (Å²) in [4.78, 5) is 35.6. The Hall–Kier alpha value is -4.06. The number of nitro benzene ring substituents is 1. The zero-order valence-electron chi connectivity index (χ0n) is 16.6. The van der Waals surface area contributed by atoms with Crippen LogP contribution in [0, 0.1) is 17.0 Å². The Balaban J connectivity index is 1.50. The monoisotopic (exact) mass is 449 g/mol. The number of pyridine rings is 1. The molecule has 0 aliphatic carbocycles. The van der Waals surface area contributed by atoms with E-state index < -0.39 is 16.2 Å². The molecule has 11 nitrogen and oxygen atoms in total. The predicted molar refractivity (Wildman–Crippen MR) is 116 cm³/mol. The van der Waals surface area contributed by atoms with Gasteiger partial charge in [-0.1, -0.05) is 12.1 Å². The van der Waals surface area contributed by atoms with Gasteiger partial charge < -0.3 is 0 Å². The zero-order chi connectivity index (χ0) is 22.4. The van der Waals surface area contributed by atoms with E-state index in [4.69, 9.17) is 0 Å². The number of benzene rings is 2. The number of hydrogen-bond donors (Lipinski definition) is 1. The van der Waals surface area contributed by atoms with Gasteiger partial charge in [-0.3, -0.25) is 25.1 Å². The molecule has 2 aromatic heterocycles. The lowest BCUT2D eigenvalue weighted by molar-refractivity contribution is -0.384. The lowest BCUT2D eigenvalue weighted by Crippen LogP contribution is -2.44. The number of amides is 2. The Kier molecular flexibility index (Phi) is 4.70. The second-order valence-electron chi connectivity index (χ2n) is 7.25. The van der Waals surface area contributed by atoms with E-state index in [0.717, 1.165) is 16.5 Å². The van der Waals surface area contributed by atoms with Crippen molar-refractivity contribution in [1.29, 1.82) is 0 Å². The molecule has 2 aromatic carbocycles. The molecule has 1 aliphatic rings. The van der Waals surface area contributed by atoms with E-state index in [1.165, 1.54) is 41.0 Å². The summed E-state index contributed by atoms with van der Waals surface area (Å²) in [6, 6.07) is 13.0. The Morgan fingerprint density at radius 2 is 2.00 bits per heavy atom. The van der Waals surface area contributed by atoms with E-state index in [-0.39, 0.29) is 22.9 Å². The van der Waals surface area contributed by atoms with Crippen LogP contribution in [-0.2, 0) is 4.79 Å². The third-order valence-corrected chi connectivity index (χ3v) is 6.34. The van der Waals surface area contributed by atoms with Crippen molar-refractivity contribution in [2.45, 2.75) is 12.3 Å². The first-order valence-electron chi connectivity index (χ1n) is 9.53. The van der Waals surface area contributed by atoms with Crippen LogP contribution >= 0.6 is 11.8 Å². The third-order valence-electron chi connectivity index (χ3n) is 5.15. The van der Waals surface area contributed by atoms with Crippen LogP contribution in [0.5, 0.6) is 0 Å². The minimum Gasteiger partial charge on any atom is -0.272 e. The van der Waals surface area contributed by atoms with Crippen molar-refractivity contribution < 1.29 is 14.5 Å². The van der Waals surface area contributed by atoms with Gasteiger partial charge in [0, 0.05) is 28.6 Å². The van der Waals surface area contributed by atoms with Gasteiger partial charge in [0.25, 0.3) is 17.5 Å². The van der Waals surface area contributed by atoms with Crippen molar-refractivity contribution >= 4 is 45.8 Å². The molecule has 0 saturated carbocycles. The summed E-state index contributed by atoms with van der Waals surface area (Å²) in [7, 11) is 0. The van der Waals surface area contributed by atoms with Gasteiger partial charge in [0.1, 0.15) is 5.37 Å². The van der Waals surface area contributed by atoms with Crippen LogP contribution in [0.15, 0.2) is 48.5 Å². The van der Waals surface area contributed by atoms with E-state index in [2.05, 4.69) is 21.0 Å². The van der Waals surface area contributed by atoms with Crippen LogP contribution in [0.1, 0.15) is 26.9 Å². The molecule has 1 atom stereocenters. The molecule has 160 valence electrons. The van der Waals surface area contributed by atoms with E-state index in [0.29, 0.717) is 11.2 Å². The SMILES string of the molecule is Cc1ccc2cc(C3SCC(=O)N3NC(=O)c3ccc([N+](=O)[O-])cc3)c3nnnn3c2c1. The second kappa shape index (κ2) is 7.57. The van der Waals surface area contributed by atoms with Crippen LogP contribution in [0.2, 0.25) is 0 Å². The molecule has 5 rings (SSSR count). The lowest BCUT2D eigenvalue weighted by Gasteiger charge is -2.25. The fraction of sp³-hybridized carbons (Fsp3) is 0.150. The van der Waals surface area contributed by atoms with Crippen LogP contribution in [-0.4, -0.2) is 47.5 Å². The van der Waals surface area contributed by atoms with Crippen molar-refractivity contribution in [3.63, 3.8) is 0 Å². The average Bonchev–Trinajstić information content (AvgIpc) is 3.41. The maximum Gasteiger partial charge on any atom is 0.269 e. The number of aryl methyl sites for hydroxylation is 1. The number of hydrazine groups is 1. The van der Waals surface area contributed by atoms with Gasteiger partial charge in [0.05, 0.1) is 16.2 Å². The van der Waals surface area contributed by atoms with Gasteiger partial charge in [0.15, 0.2) is 5.65 Å². The molecule has 0 radical (unpaired) electrons. The van der Waals surface area contributed by atoms with Gasteiger partial charge in [-0.05, 0) is 47.2 Å². The second-order valence-corrected chi connectivity index (χ2v) is 8.32. The van der Waals surface area contributed by atoms with Gasteiger partial charge in [-0.2, -0.15) is 4.52 Å². The number of aromatic nitrogens is 4. The topological polar surface area (TPSA) is 136 Å². The minimum atomic E-state index is -0.548. The van der Waals surface area contributed by atoms with Crippen molar-refractivity contribution in [2.75, 3.05) is 5.75 Å². The number of rotatable bonds is 4. The van der Waals surface area contributed by atoms with Crippen LogP contribution in [0.3, 0.4) is 0 Å². The highest BCUT2D eigenvalue weighted by Gasteiger charge is 2.36. The van der Waals surface area contributed by atoms with Crippen molar-refractivity contribution in [1.82, 2.24) is 30.5 Å². The highest BCUT2D eigenvalue weighted by atomic mass is 32.2. The summed E-state index contributed by atoms with van der Waals surface area (Å²) in [6.07, 6.45) is 0. The molecular formula is C20H15N7O4S. The van der Waals surface area contributed by atoms with Gasteiger partial charge in [0.2, 0.25) is 0 Å². The molecule has 1 unspecified atom stereocenters. The minimum absolute atomic E-state index is 0.125. The average molecular weight is 449 g/mol. The largest absolute Gasteiger partial charge is 0.272 e. The Morgan fingerprint density at radius 3 is 2.75 bits per heavy atom. The molecule has 1 fully saturated rings. The maximum absolute atomic E-state index is 12.7. The van der Waals surface area contributed by atoms with E-state index in [1.54, 1.807) is 4.52 Å². The van der Waals surface area contributed by atoms with Crippen LogP contribution < -0.4 is 5.43 Å². The molecule has 3 heterocycles. The molecular weight excluding hydrogens is 434 g/mol.